The normalized spacial score (nSPS) is 12.7. The Kier molecular flexibility index (Phi) is 7.07. The van der Waals surface area contributed by atoms with Crippen molar-refractivity contribution in [3.63, 3.8) is 0 Å². The van der Waals surface area contributed by atoms with Crippen LogP contribution in [0.5, 0.6) is 0 Å². The lowest BCUT2D eigenvalue weighted by Gasteiger charge is -2.19. The molecule has 102 valence electrons. The average Bonchev–Trinajstić information content (AvgIpc) is 2.71. The number of carbonyl (C=O) groups is 1. The van der Waals surface area contributed by atoms with Crippen molar-refractivity contribution in [3.05, 3.63) is 21.3 Å². The van der Waals surface area contributed by atoms with Gasteiger partial charge in [0.1, 0.15) is 0 Å². The molecule has 1 atom stereocenters. The number of carbonyl (C=O) groups excluding carboxylic acids is 1. The summed E-state index contributed by atoms with van der Waals surface area (Å²) in [7, 11) is 0. The van der Waals surface area contributed by atoms with Gasteiger partial charge in [-0.05, 0) is 18.1 Å². The van der Waals surface area contributed by atoms with Crippen LogP contribution < -0.4 is 5.32 Å². The molecule has 0 aliphatic rings. The highest BCUT2D eigenvalue weighted by molar-refractivity contribution is 7.99. The maximum Gasteiger partial charge on any atom is 0.230 e. The second-order valence-electron chi connectivity index (χ2n) is 4.30. The number of hydrogen-bond donors (Lipinski definition) is 2. The second kappa shape index (κ2) is 8.04. The Balaban J connectivity index is 2.24. The predicted molar refractivity (Wildman–Crippen MR) is 79.3 cm³/mol. The van der Waals surface area contributed by atoms with Crippen LogP contribution in [0.25, 0.3) is 0 Å². The highest BCUT2D eigenvalue weighted by Gasteiger charge is 2.14. The predicted octanol–water partition coefficient (Wildman–Crippen LogP) is 2.77. The number of rotatable bonds is 7. The molecule has 1 amide bonds. The van der Waals surface area contributed by atoms with Gasteiger partial charge in [-0.1, -0.05) is 25.4 Å². The number of thiophene rings is 1. The summed E-state index contributed by atoms with van der Waals surface area (Å²) < 4.78 is 0.773. The van der Waals surface area contributed by atoms with Gasteiger partial charge in [0, 0.05) is 10.6 Å². The van der Waals surface area contributed by atoms with Crippen molar-refractivity contribution in [3.8, 4) is 0 Å². The summed E-state index contributed by atoms with van der Waals surface area (Å²) in [6.07, 6.45) is 0. The van der Waals surface area contributed by atoms with Crippen molar-refractivity contribution in [2.75, 3.05) is 12.4 Å². The van der Waals surface area contributed by atoms with Crippen LogP contribution in [0, 0.1) is 5.92 Å². The third kappa shape index (κ3) is 5.61. The van der Waals surface area contributed by atoms with Crippen LogP contribution in [-0.4, -0.2) is 29.4 Å². The molecule has 0 aliphatic carbocycles. The minimum atomic E-state index is -0.158. The largest absolute Gasteiger partial charge is 0.394 e. The molecule has 0 saturated carbocycles. The van der Waals surface area contributed by atoms with E-state index in [0.29, 0.717) is 5.75 Å². The number of thioether (sulfide) groups is 1. The fraction of sp³-hybridized carbons (Fsp3) is 0.583. The fourth-order valence-corrected chi connectivity index (χ4v) is 3.38. The Morgan fingerprint density at radius 1 is 1.56 bits per heavy atom. The summed E-state index contributed by atoms with van der Waals surface area (Å²) in [5.74, 6) is 1.39. The van der Waals surface area contributed by atoms with Gasteiger partial charge in [0.2, 0.25) is 5.91 Å². The molecule has 0 aromatic carbocycles. The van der Waals surface area contributed by atoms with Gasteiger partial charge in [-0.3, -0.25) is 4.79 Å². The molecule has 2 N–H and O–H groups in total. The molecule has 1 unspecified atom stereocenters. The summed E-state index contributed by atoms with van der Waals surface area (Å²) >= 11 is 8.91. The molecular formula is C12H18ClNO2S2. The first-order valence-electron chi connectivity index (χ1n) is 5.75. The van der Waals surface area contributed by atoms with Crippen molar-refractivity contribution in [1.82, 2.24) is 5.32 Å². The molecule has 0 saturated heterocycles. The van der Waals surface area contributed by atoms with Gasteiger partial charge in [-0.25, -0.2) is 0 Å². The van der Waals surface area contributed by atoms with E-state index in [-0.39, 0.29) is 24.5 Å². The number of amides is 1. The van der Waals surface area contributed by atoms with Crippen LogP contribution in [0.15, 0.2) is 12.1 Å². The third-order valence-corrected chi connectivity index (χ3v) is 4.85. The number of halogens is 1. The van der Waals surface area contributed by atoms with Crippen molar-refractivity contribution in [1.29, 1.82) is 0 Å². The van der Waals surface area contributed by atoms with Crippen LogP contribution in [0.3, 0.4) is 0 Å². The number of nitrogens with one attached hydrogen (secondary N) is 1. The van der Waals surface area contributed by atoms with E-state index in [0.717, 1.165) is 10.1 Å². The zero-order valence-electron chi connectivity index (χ0n) is 10.5. The van der Waals surface area contributed by atoms with Crippen molar-refractivity contribution < 1.29 is 9.90 Å². The van der Waals surface area contributed by atoms with E-state index < -0.39 is 0 Å². The first-order chi connectivity index (χ1) is 8.52. The Hall–Kier alpha value is -0.230. The van der Waals surface area contributed by atoms with Crippen molar-refractivity contribution in [2.45, 2.75) is 25.6 Å². The van der Waals surface area contributed by atoms with Crippen LogP contribution in [0.4, 0.5) is 0 Å². The van der Waals surface area contributed by atoms with Crippen LogP contribution in [-0.2, 0) is 10.5 Å². The van der Waals surface area contributed by atoms with E-state index in [1.165, 1.54) is 16.2 Å². The Morgan fingerprint density at radius 2 is 2.28 bits per heavy atom. The summed E-state index contributed by atoms with van der Waals surface area (Å²) in [5.41, 5.74) is 0. The maximum atomic E-state index is 11.6. The highest BCUT2D eigenvalue weighted by Crippen LogP contribution is 2.24. The fourth-order valence-electron chi connectivity index (χ4n) is 1.35. The first kappa shape index (κ1) is 15.8. The third-order valence-electron chi connectivity index (χ3n) is 2.45. The van der Waals surface area contributed by atoms with Gasteiger partial charge in [-0.15, -0.1) is 23.1 Å². The molecule has 1 rings (SSSR count). The summed E-state index contributed by atoms with van der Waals surface area (Å²) in [6, 6.07) is 3.68. The zero-order chi connectivity index (χ0) is 13.5. The molecule has 0 aliphatic heterocycles. The molecule has 18 heavy (non-hydrogen) atoms. The van der Waals surface area contributed by atoms with Crippen LogP contribution in [0.1, 0.15) is 18.7 Å². The topological polar surface area (TPSA) is 49.3 Å². The SMILES string of the molecule is CC(C)C(CO)NC(=O)CSCc1ccc(Cl)s1. The van der Waals surface area contributed by atoms with Gasteiger partial charge in [0.25, 0.3) is 0 Å². The minimum absolute atomic E-state index is 0.0192. The second-order valence-corrected chi connectivity index (χ2v) is 7.08. The molecule has 1 heterocycles. The van der Waals surface area contributed by atoms with E-state index in [1.807, 2.05) is 26.0 Å². The number of aliphatic hydroxyl groups is 1. The van der Waals surface area contributed by atoms with E-state index in [4.69, 9.17) is 16.7 Å². The van der Waals surface area contributed by atoms with E-state index in [9.17, 15) is 4.79 Å². The minimum Gasteiger partial charge on any atom is -0.394 e. The molecule has 0 bridgehead atoms. The van der Waals surface area contributed by atoms with Gasteiger partial charge < -0.3 is 10.4 Å². The van der Waals surface area contributed by atoms with Crippen LogP contribution >= 0.6 is 34.7 Å². The lowest BCUT2D eigenvalue weighted by Crippen LogP contribution is -2.42. The molecule has 0 spiro atoms. The smallest absolute Gasteiger partial charge is 0.230 e. The summed E-state index contributed by atoms with van der Waals surface area (Å²) in [6.45, 7) is 3.93. The number of aliphatic hydroxyl groups excluding tert-OH is 1. The van der Waals surface area contributed by atoms with Gasteiger partial charge in [0.15, 0.2) is 0 Å². The number of hydrogen-bond acceptors (Lipinski definition) is 4. The van der Waals surface area contributed by atoms with E-state index in [1.54, 1.807) is 11.8 Å². The van der Waals surface area contributed by atoms with Gasteiger partial charge in [0.05, 0.1) is 22.7 Å². The molecule has 6 heteroatoms. The Labute approximate surface area is 121 Å². The van der Waals surface area contributed by atoms with Crippen LogP contribution in [0.2, 0.25) is 4.34 Å². The highest BCUT2D eigenvalue weighted by atomic mass is 35.5. The van der Waals surface area contributed by atoms with E-state index in [2.05, 4.69) is 5.32 Å². The summed E-state index contributed by atoms with van der Waals surface area (Å²) in [5, 5.41) is 11.9. The van der Waals surface area contributed by atoms with Gasteiger partial charge >= 0.3 is 0 Å². The van der Waals surface area contributed by atoms with E-state index >= 15 is 0 Å². The Morgan fingerprint density at radius 3 is 2.78 bits per heavy atom. The zero-order valence-corrected chi connectivity index (χ0v) is 12.9. The monoisotopic (exact) mass is 307 g/mol. The molecular weight excluding hydrogens is 290 g/mol. The molecule has 1 aromatic heterocycles. The molecule has 1 aromatic rings. The maximum absolute atomic E-state index is 11.6. The average molecular weight is 308 g/mol. The lowest BCUT2D eigenvalue weighted by molar-refractivity contribution is -0.119. The van der Waals surface area contributed by atoms with Gasteiger partial charge in [-0.2, -0.15) is 0 Å². The Bertz CT molecular complexity index is 382. The lowest BCUT2D eigenvalue weighted by atomic mass is 10.1. The first-order valence-corrected chi connectivity index (χ1v) is 8.10. The molecule has 3 nitrogen and oxygen atoms in total. The molecule has 0 radical (unpaired) electrons. The van der Waals surface area contributed by atoms with Crippen molar-refractivity contribution in [2.24, 2.45) is 5.92 Å². The quantitative estimate of drug-likeness (QED) is 0.814. The van der Waals surface area contributed by atoms with Crippen molar-refractivity contribution >= 4 is 40.6 Å². The summed E-state index contributed by atoms with van der Waals surface area (Å²) in [4.78, 5) is 12.8. The standard InChI is InChI=1S/C12H18ClNO2S2/c1-8(2)10(5-15)14-12(16)7-17-6-9-3-4-11(13)18-9/h3-4,8,10,15H,5-7H2,1-2H3,(H,14,16). The molecule has 0 fully saturated rings.